The van der Waals surface area contributed by atoms with Crippen LogP contribution >= 0.6 is 11.6 Å². The van der Waals surface area contributed by atoms with Gasteiger partial charge in [0, 0.05) is 30.6 Å². The number of hydrogen-bond donors (Lipinski definition) is 2. The molecule has 0 aliphatic rings. The molecule has 0 unspecified atom stereocenters. The maximum Gasteiger partial charge on any atom is 0.234 e. The largest absolute Gasteiger partial charge is 0.353 e. The van der Waals surface area contributed by atoms with Crippen molar-refractivity contribution in [2.75, 3.05) is 19.6 Å². The zero-order valence-electron chi connectivity index (χ0n) is 14.1. The van der Waals surface area contributed by atoms with Gasteiger partial charge in [-0.15, -0.1) is 0 Å². The predicted octanol–water partition coefficient (Wildman–Crippen LogP) is 2.19. The summed E-state index contributed by atoms with van der Waals surface area (Å²) in [6.45, 7) is 7.83. The second-order valence-electron chi connectivity index (χ2n) is 5.71. The van der Waals surface area contributed by atoms with Crippen LogP contribution in [0.1, 0.15) is 32.8 Å². The van der Waals surface area contributed by atoms with Crippen LogP contribution in [-0.4, -0.2) is 42.4 Å². The summed E-state index contributed by atoms with van der Waals surface area (Å²) in [5.41, 5.74) is 0.895. The van der Waals surface area contributed by atoms with Gasteiger partial charge in [-0.2, -0.15) is 0 Å². The van der Waals surface area contributed by atoms with Crippen molar-refractivity contribution >= 4 is 23.4 Å². The Hall–Kier alpha value is -1.59. The minimum absolute atomic E-state index is 0.0154. The number of halogens is 1. The molecule has 0 aliphatic heterocycles. The lowest BCUT2D eigenvalue weighted by Gasteiger charge is -2.20. The van der Waals surface area contributed by atoms with E-state index in [9.17, 15) is 9.59 Å². The summed E-state index contributed by atoms with van der Waals surface area (Å²) in [7, 11) is 0. The predicted molar refractivity (Wildman–Crippen MR) is 93.3 cm³/mol. The molecule has 5 nitrogen and oxygen atoms in total. The van der Waals surface area contributed by atoms with Crippen LogP contribution in [0.3, 0.4) is 0 Å². The lowest BCUT2D eigenvalue weighted by atomic mass is 10.2. The lowest BCUT2D eigenvalue weighted by Crippen LogP contribution is -2.41. The molecule has 128 valence electrons. The van der Waals surface area contributed by atoms with Crippen molar-refractivity contribution in [1.82, 2.24) is 15.5 Å². The van der Waals surface area contributed by atoms with Gasteiger partial charge in [-0.3, -0.25) is 14.5 Å². The molecule has 0 aliphatic carbocycles. The Morgan fingerprint density at radius 3 is 2.52 bits per heavy atom. The second kappa shape index (κ2) is 10.2. The average molecular weight is 340 g/mol. The summed E-state index contributed by atoms with van der Waals surface area (Å²) in [4.78, 5) is 25.6. The number of carbonyl (C=O) groups excluding carboxylic acids is 2. The van der Waals surface area contributed by atoms with Gasteiger partial charge >= 0.3 is 0 Å². The van der Waals surface area contributed by atoms with Crippen molar-refractivity contribution in [3.8, 4) is 0 Å². The zero-order chi connectivity index (χ0) is 17.2. The highest BCUT2D eigenvalue weighted by molar-refractivity contribution is 6.31. The van der Waals surface area contributed by atoms with Gasteiger partial charge in [0.1, 0.15) is 0 Å². The second-order valence-corrected chi connectivity index (χ2v) is 6.12. The Balaban J connectivity index is 2.33. The molecule has 0 spiro atoms. The van der Waals surface area contributed by atoms with Crippen molar-refractivity contribution in [3.05, 3.63) is 34.9 Å². The van der Waals surface area contributed by atoms with Crippen LogP contribution in [0.5, 0.6) is 0 Å². The molecule has 0 saturated carbocycles. The molecule has 0 saturated heterocycles. The van der Waals surface area contributed by atoms with Crippen LogP contribution in [0.25, 0.3) is 0 Å². The number of rotatable bonds is 9. The molecule has 2 N–H and O–H groups in total. The molecule has 6 heteroatoms. The summed E-state index contributed by atoms with van der Waals surface area (Å²) < 4.78 is 0. The molecule has 0 fully saturated rings. The summed E-state index contributed by atoms with van der Waals surface area (Å²) in [6.07, 6.45) is 0.354. The summed E-state index contributed by atoms with van der Waals surface area (Å²) >= 11 is 6.05. The van der Waals surface area contributed by atoms with Crippen molar-refractivity contribution in [1.29, 1.82) is 0 Å². The third-order valence-corrected chi connectivity index (χ3v) is 3.72. The topological polar surface area (TPSA) is 61.4 Å². The molecular formula is C17H26ClN3O2. The van der Waals surface area contributed by atoms with Crippen LogP contribution in [0.2, 0.25) is 5.02 Å². The SMILES string of the molecule is CCN(CCC(=O)NCc1ccccc1Cl)CC(=O)NC(C)C. The number of likely N-dealkylation sites (N-methyl/N-ethyl adjacent to an activating group) is 1. The van der Waals surface area contributed by atoms with Crippen molar-refractivity contribution in [3.63, 3.8) is 0 Å². The molecular weight excluding hydrogens is 314 g/mol. The Labute approximate surface area is 143 Å². The highest BCUT2D eigenvalue weighted by Crippen LogP contribution is 2.14. The van der Waals surface area contributed by atoms with Gasteiger partial charge in [0.2, 0.25) is 11.8 Å². The lowest BCUT2D eigenvalue weighted by molar-refractivity contribution is -0.124. The smallest absolute Gasteiger partial charge is 0.234 e. The van der Waals surface area contributed by atoms with Crippen molar-refractivity contribution in [2.45, 2.75) is 39.8 Å². The van der Waals surface area contributed by atoms with E-state index in [1.54, 1.807) is 6.07 Å². The van der Waals surface area contributed by atoms with Gasteiger partial charge in [0.15, 0.2) is 0 Å². The molecule has 23 heavy (non-hydrogen) atoms. The third kappa shape index (κ3) is 8.00. The molecule has 1 rings (SSSR count). The van der Waals surface area contributed by atoms with E-state index in [0.717, 1.165) is 12.1 Å². The van der Waals surface area contributed by atoms with Crippen LogP contribution in [-0.2, 0) is 16.1 Å². The van der Waals surface area contributed by atoms with Gasteiger partial charge < -0.3 is 10.6 Å². The van der Waals surface area contributed by atoms with Crippen molar-refractivity contribution in [2.24, 2.45) is 0 Å². The van der Waals surface area contributed by atoms with Gasteiger partial charge in [0.25, 0.3) is 0 Å². The van der Waals surface area contributed by atoms with Crippen LogP contribution < -0.4 is 10.6 Å². The Morgan fingerprint density at radius 2 is 1.91 bits per heavy atom. The average Bonchev–Trinajstić information content (AvgIpc) is 2.49. The first-order valence-corrected chi connectivity index (χ1v) is 8.32. The van der Waals surface area contributed by atoms with Crippen LogP contribution in [0, 0.1) is 0 Å². The number of nitrogens with one attached hydrogen (secondary N) is 2. The maximum absolute atomic E-state index is 11.9. The molecule has 1 aromatic rings. The number of carbonyl (C=O) groups is 2. The monoisotopic (exact) mass is 339 g/mol. The fourth-order valence-electron chi connectivity index (χ4n) is 2.10. The van der Waals surface area contributed by atoms with Gasteiger partial charge in [-0.1, -0.05) is 36.7 Å². The highest BCUT2D eigenvalue weighted by atomic mass is 35.5. The van der Waals surface area contributed by atoms with Crippen LogP contribution in [0.4, 0.5) is 0 Å². The Morgan fingerprint density at radius 1 is 1.22 bits per heavy atom. The van der Waals surface area contributed by atoms with Gasteiger partial charge in [-0.05, 0) is 32.0 Å². The van der Waals surface area contributed by atoms with E-state index in [-0.39, 0.29) is 17.9 Å². The van der Waals surface area contributed by atoms with Crippen LogP contribution in [0.15, 0.2) is 24.3 Å². The molecule has 0 atom stereocenters. The van der Waals surface area contributed by atoms with Gasteiger partial charge in [0.05, 0.1) is 6.54 Å². The minimum atomic E-state index is -0.0485. The van der Waals surface area contributed by atoms with E-state index < -0.39 is 0 Å². The minimum Gasteiger partial charge on any atom is -0.353 e. The molecule has 0 radical (unpaired) electrons. The summed E-state index contributed by atoms with van der Waals surface area (Å²) in [5, 5.41) is 6.35. The quantitative estimate of drug-likeness (QED) is 0.725. The highest BCUT2D eigenvalue weighted by Gasteiger charge is 2.12. The third-order valence-electron chi connectivity index (χ3n) is 3.35. The fraction of sp³-hybridized carbons (Fsp3) is 0.529. The summed E-state index contributed by atoms with van der Waals surface area (Å²) in [5.74, 6) is -0.0639. The standard InChI is InChI=1S/C17H26ClN3O2/c1-4-21(12-17(23)20-13(2)3)10-9-16(22)19-11-14-7-5-6-8-15(14)18/h5-8,13H,4,9-12H2,1-3H3,(H,19,22)(H,20,23). The molecule has 1 aromatic carbocycles. The number of amides is 2. The summed E-state index contributed by atoms with van der Waals surface area (Å²) in [6, 6.07) is 7.56. The van der Waals surface area contributed by atoms with E-state index in [4.69, 9.17) is 11.6 Å². The van der Waals surface area contributed by atoms with E-state index in [2.05, 4.69) is 10.6 Å². The zero-order valence-corrected chi connectivity index (χ0v) is 14.8. The van der Waals surface area contributed by atoms with E-state index in [1.807, 2.05) is 43.9 Å². The number of benzene rings is 1. The van der Waals surface area contributed by atoms with Gasteiger partial charge in [-0.25, -0.2) is 0 Å². The Kier molecular flexibility index (Phi) is 8.66. The first-order chi connectivity index (χ1) is 10.9. The molecule has 0 heterocycles. The molecule has 2 amide bonds. The van der Waals surface area contributed by atoms with Crippen molar-refractivity contribution < 1.29 is 9.59 Å². The van der Waals surface area contributed by atoms with E-state index >= 15 is 0 Å². The van der Waals surface area contributed by atoms with E-state index in [0.29, 0.717) is 31.1 Å². The van der Waals surface area contributed by atoms with E-state index in [1.165, 1.54) is 0 Å². The number of hydrogen-bond acceptors (Lipinski definition) is 3. The molecule has 0 aromatic heterocycles. The maximum atomic E-state index is 11.9. The normalized spacial score (nSPS) is 10.9. The first-order valence-electron chi connectivity index (χ1n) is 7.94. The number of nitrogens with zero attached hydrogens (tertiary/aromatic N) is 1. The fourth-order valence-corrected chi connectivity index (χ4v) is 2.31. The molecule has 0 bridgehead atoms. The first kappa shape index (κ1) is 19.5. The Bertz CT molecular complexity index is 520.